The van der Waals surface area contributed by atoms with Gasteiger partial charge >= 0.3 is 6.18 Å². The minimum atomic E-state index is -4.68. The Morgan fingerprint density at radius 1 is 1.07 bits per heavy atom. The smallest absolute Gasteiger partial charge is 0.278 e. The quantitative estimate of drug-likeness (QED) is 0.627. The van der Waals surface area contributed by atoms with Gasteiger partial charge in [-0.25, -0.2) is 13.1 Å². The van der Waals surface area contributed by atoms with E-state index in [4.69, 9.17) is 11.6 Å². The van der Waals surface area contributed by atoms with Crippen LogP contribution in [-0.2, 0) is 16.2 Å². The van der Waals surface area contributed by atoms with Crippen LogP contribution in [0.5, 0.6) is 0 Å². The van der Waals surface area contributed by atoms with Gasteiger partial charge in [-0.3, -0.25) is 14.9 Å². The molecule has 1 amide bonds. The van der Waals surface area contributed by atoms with Crippen molar-refractivity contribution < 1.29 is 26.4 Å². The average Bonchev–Trinajstić information content (AvgIpc) is 3.15. The van der Waals surface area contributed by atoms with Gasteiger partial charge in [-0.2, -0.15) is 13.2 Å². The van der Waals surface area contributed by atoms with Crippen LogP contribution >= 0.6 is 11.6 Å². The minimum Gasteiger partial charge on any atom is -0.278 e. The van der Waals surface area contributed by atoms with Crippen LogP contribution in [0.25, 0.3) is 0 Å². The van der Waals surface area contributed by atoms with Crippen LogP contribution in [-0.4, -0.2) is 29.2 Å². The molecule has 3 rings (SSSR count). The molecule has 3 aromatic rings. The zero-order valence-corrected chi connectivity index (χ0v) is 15.8. The molecular weight excluding hydrogens is 435 g/mol. The van der Waals surface area contributed by atoms with Crippen molar-refractivity contribution >= 4 is 33.2 Å². The first-order valence-corrected chi connectivity index (χ1v) is 9.58. The van der Waals surface area contributed by atoms with Crippen LogP contribution in [0.3, 0.4) is 0 Å². The number of amides is 1. The normalized spacial score (nSPS) is 11.9. The fourth-order valence-electron chi connectivity index (χ4n) is 2.23. The largest absolute Gasteiger partial charge is 0.416 e. The summed E-state index contributed by atoms with van der Waals surface area (Å²) in [5.74, 6) is -0.654. The number of anilines is 1. The number of rotatable bonds is 5. The third kappa shape index (κ3) is 4.84. The molecule has 1 aromatic heterocycles. The van der Waals surface area contributed by atoms with E-state index < -0.39 is 33.4 Å². The summed E-state index contributed by atoms with van der Waals surface area (Å²) in [6.07, 6.45) is -2.24. The number of sulfonamides is 1. The minimum absolute atomic E-state index is 0.0169. The third-order valence-electron chi connectivity index (χ3n) is 3.59. The average molecular weight is 446 g/mol. The van der Waals surface area contributed by atoms with Crippen molar-refractivity contribution in [3.05, 3.63) is 71.3 Å². The Labute approximate surface area is 167 Å². The van der Waals surface area contributed by atoms with E-state index in [1.165, 1.54) is 30.9 Å². The number of hydrogen-bond donors (Lipinski definition) is 2. The number of halogens is 4. The third-order valence-corrected chi connectivity index (χ3v) is 5.29. The Morgan fingerprint density at radius 2 is 1.76 bits per heavy atom. The fraction of sp³-hybridized carbons (Fsp3) is 0.0625. The molecule has 0 spiro atoms. The summed E-state index contributed by atoms with van der Waals surface area (Å²) in [5, 5.41) is 6.79. The van der Waals surface area contributed by atoms with Crippen molar-refractivity contribution in [1.29, 1.82) is 0 Å². The van der Waals surface area contributed by atoms with E-state index in [9.17, 15) is 26.4 Å². The highest BCUT2D eigenvalue weighted by atomic mass is 35.5. The molecule has 1 heterocycles. The predicted molar refractivity (Wildman–Crippen MR) is 97.4 cm³/mol. The maximum Gasteiger partial charge on any atom is 0.416 e. The molecule has 0 fully saturated rings. The van der Waals surface area contributed by atoms with E-state index in [0.29, 0.717) is 6.07 Å². The first-order valence-electron chi connectivity index (χ1n) is 7.72. The molecular formula is C16H11ClF3N5O3S. The van der Waals surface area contributed by atoms with Crippen molar-refractivity contribution in [2.75, 3.05) is 10.1 Å². The summed E-state index contributed by atoms with van der Waals surface area (Å²) in [7, 11) is -4.33. The fourth-order valence-corrected chi connectivity index (χ4v) is 3.57. The van der Waals surface area contributed by atoms with E-state index >= 15 is 0 Å². The van der Waals surface area contributed by atoms with Gasteiger partial charge in [0.15, 0.2) is 0 Å². The maximum absolute atomic E-state index is 12.9. The Kier molecular flexibility index (Phi) is 5.48. The van der Waals surface area contributed by atoms with E-state index in [2.05, 4.69) is 15.6 Å². The zero-order valence-electron chi connectivity index (χ0n) is 14.2. The van der Waals surface area contributed by atoms with Gasteiger partial charge in [0.2, 0.25) is 0 Å². The second kappa shape index (κ2) is 7.72. The number of hydrogen-bond acceptors (Lipinski definition) is 5. The number of alkyl halides is 3. The van der Waals surface area contributed by atoms with Crippen LogP contribution < -0.4 is 10.1 Å². The van der Waals surface area contributed by atoms with Gasteiger partial charge in [-0.15, -0.1) is 10.2 Å². The van der Waals surface area contributed by atoms with E-state index in [-0.39, 0.29) is 15.5 Å². The molecule has 0 aliphatic carbocycles. The van der Waals surface area contributed by atoms with Gasteiger partial charge < -0.3 is 0 Å². The van der Waals surface area contributed by atoms with Gasteiger partial charge in [-0.1, -0.05) is 17.7 Å². The molecule has 0 bridgehead atoms. The topological polar surface area (TPSA) is 106 Å². The summed E-state index contributed by atoms with van der Waals surface area (Å²) in [5.41, 5.74) is 0.863. The van der Waals surface area contributed by atoms with E-state index in [1.807, 2.05) is 4.72 Å². The number of nitrogens with zero attached hydrogens (tertiary/aromatic N) is 3. The van der Waals surface area contributed by atoms with Crippen LogP contribution in [0.15, 0.2) is 60.0 Å². The predicted octanol–water partition coefficient (Wildman–Crippen LogP) is 3.14. The van der Waals surface area contributed by atoms with Crippen molar-refractivity contribution in [3.63, 3.8) is 0 Å². The van der Waals surface area contributed by atoms with Crippen LogP contribution in [0, 0.1) is 0 Å². The van der Waals surface area contributed by atoms with E-state index in [1.54, 1.807) is 0 Å². The van der Waals surface area contributed by atoms with Crippen LogP contribution in [0.2, 0.25) is 5.02 Å². The highest BCUT2D eigenvalue weighted by Gasteiger charge is 2.31. The number of aromatic nitrogens is 3. The second-order valence-corrected chi connectivity index (χ2v) is 7.73. The number of nitrogens with one attached hydrogen (secondary N) is 2. The summed E-state index contributed by atoms with van der Waals surface area (Å²) in [6.45, 7) is 0. The van der Waals surface area contributed by atoms with Crippen molar-refractivity contribution in [2.24, 2.45) is 0 Å². The van der Waals surface area contributed by atoms with Crippen molar-refractivity contribution in [1.82, 2.24) is 14.9 Å². The molecule has 0 saturated heterocycles. The lowest BCUT2D eigenvalue weighted by Gasteiger charge is -2.13. The molecule has 0 saturated carbocycles. The zero-order chi connectivity index (χ0) is 21.2. The number of benzene rings is 2. The van der Waals surface area contributed by atoms with Crippen molar-refractivity contribution in [2.45, 2.75) is 11.1 Å². The van der Waals surface area contributed by atoms with Crippen molar-refractivity contribution in [3.8, 4) is 0 Å². The van der Waals surface area contributed by atoms with Gasteiger partial charge in [0.05, 0.1) is 21.2 Å². The molecule has 0 atom stereocenters. The first kappa shape index (κ1) is 20.6. The Balaban J connectivity index is 1.88. The molecule has 0 aliphatic rings. The summed E-state index contributed by atoms with van der Waals surface area (Å²) < 4.78 is 67.0. The number of carbonyl (C=O) groups is 1. The Bertz CT molecular complexity index is 1150. The lowest BCUT2D eigenvalue weighted by atomic mass is 10.2. The van der Waals surface area contributed by atoms with Gasteiger partial charge in [-0.05, 0) is 36.4 Å². The summed E-state index contributed by atoms with van der Waals surface area (Å²) in [6, 6.07) is 7.16. The molecule has 152 valence electrons. The highest BCUT2D eigenvalue weighted by molar-refractivity contribution is 7.92. The summed E-state index contributed by atoms with van der Waals surface area (Å²) >= 11 is 5.83. The molecule has 8 nitrogen and oxygen atoms in total. The molecule has 2 aromatic carbocycles. The molecule has 29 heavy (non-hydrogen) atoms. The Morgan fingerprint density at radius 3 is 2.41 bits per heavy atom. The molecule has 0 unspecified atom stereocenters. The second-order valence-electron chi connectivity index (χ2n) is 5.64. The first-order chi connectivity index (χ1) is 13.6. The van der Waals surface area contributed by atoms with Gasteiger partial charge in [0.1, 0.15) is 12.7 Å². The lowest BCUT2D eigenvalue weighted by molar-refractivity contribution is -0.137. The van der Waals surface area contributed by atoms with Crippen LogP contribution in [0.4, 0.5) is 18.9 Å². The standard InChI is InChI=1S/C16H11ClF3N5O3S/c17-13-5-4-11(16(18,19)20)7-14(13)24-29(27,28)12-3-1-2-10(6-12)15(26)23-25-8-21-22-9-25/h1-9,24H,(H,23,26). The Hall–Kier alpha value is -3.12. The highest BCUT2D eigenvalue weighted by Crippen LogP contribution is 2.34. The van der Waals surface area contributed by atoms with Gasteiger partial charge in [0, 0.05) is 5.56 Å². The monoisotopic (exact) mass is 445 g/mol. The van der Waals surface area contributed by atoms with Gasteiger partial charge in [0.25, 0.3) is 15.9 Å². The number of carbonyl (C=O) groups excluding carboxylic acids is 1. The van der Waals surface area contributed by atoms with Crippen LogP contribution in [0.1, 0.15) is 15.9 Å². The lowest BCUT2D eigenvalue weighted by Crippen LogP contribution is -2.22. The maximum atomic E-state index is 12.9. The van der Waals surface area contributed by atoms with E-state index in [0.717, 1.165) is 22.9 Å². The molecule has 0 radical (unpaired) electrons. The SMILES string of the molecule is O=C(Nn1cnnc1)c1cccc(S(=O)(=O)Nc2cc(C(F)(F)F)ccc2Cl)c1. The molecule has 2 N–H and O–H groups in total. The summed E-state index contributed by atoms with van der Waals surface area (Å²) in [4.78, 5) is 11.9. The molecule has 13 heteroatoms. The molecule has 0 aliphatic heterocycles.